The molecule has 0 saturated heterocycles. The number of hydrogen-bond acceptors (Lipinski definition) is 4. The van der Waals surface area contributed by atoms with Crippen LogP contribution in [0.15, 0.2) is 24.3 Å². The normalized spacial score (nSPS) is 13.8. The van der Waals surface area contributed by atoms with Crippen molar-refractivity contribution in [3.05, 3.63) is 29.8 Å². The highest BCUT2D eigenvalue weighted by atomic mass is 16.5. The van der Waals surface area contributed by atoms with Crippen molar-refractivity contribution in [2.75, 3.05) is 20.3 Å². The topological polar surface area (TPSA) is 76.0 Å². The molecule has 5 heteroatoms. The quantitative estimate of drug-likeness (QED) is 0.676. The molecule has 0 radical (unpaired) electrons. The smallest absolute Gasteiger partial charge is 0.335 e. The Kier molecular flexibility index (Phi) is 6.48. The van der Waals surface area contributed by atoms with Gasteiger partial charge >= 0.3 is 5.97 Å². The van der Waals surface area contributed by atoms with Crippen molar-refractivity contribution in [3.8, 4) is 5.75 Å². The van der Waals surface area contributed by atoms with Gasteiger partial charge in [-0.1, -0.05) is 12.1 Å². The average Bonchev–Trinajstić information content (AvgIpc) is 2.46. The van der Waals surface area contributed by atoms with Gasteiger partial charge in [0, 0.05) is 6.61 Å². The molecule has 0 fully saturated rings. The van der Waals surface area contributed by atoms with Crippen LogP contribution in [-0.2, 0) is 16.0 Å². The highest BCUT2D eigenvalue weighted by Gasteiger charge is 2.33. The summed E-state index contributed by atoms with van der Waals surface area (Å²) in [7, 11) is 1.60. The van der Waals surface area contributed by atoms with Crippen molar-refractivity contribution >= 4 is 5.97 Å². The lowest BCUT2D eigenvalue weighted by Gasteiger charge is -2.25. The van der Waals surface area contributed by atoms with Crippen LogP contribution in [0.3, 0.4) is 0 Å². The number of rotatable bonds is 9. The van der Waals surface area contributed by atoms with Crippen molar-refractivity contribution in [3.63, 3.8) is 0 Å². The highest BCUT2D eigenvalue weighted by Crippen LogP contribution is 2.21. The van der Waals surface area contributed by atoms with Gasteiger partial charge in [0.25, 0.3) is 0 Å². The number of carboxylic acid groups (broad SMARTS) is 1. The van der Waals surface area contributed by atoms with Gasteiger partial charge in [0.2, 0.25) is 0 Å². The molecule has 1 aromatic carbocycles. The average molecular weight is 282 g/mol. The maximum Gasteiger partial charge on any atom is 0.335 e. The summed E-state index contributed by atoms with van der Waals surface area (Å²) in [5, 5.41) is 18.0. The van der Waals surface area contributed by atoms with Crippen molar-refractivity contribution in [2.45, 2.75) is 31.8 Å². The second kappa shape index (κ2) is 7.87. The van der Waals surface area contributed by atoms with Gasteiger partial charge in [0.05, 0.1) is 13.7 Å². The van der Waals surface area contributed by atoms with Gasteiger partial charge in [-0.3, -0.25) is 0 Å². The van der Waals surface area contributed by atoms with Gasteiger partial charge in [-0.15, -0.1) is 0 Å². The number of carbonyl (C=O) groups is 1. The number of benzene rings is 1. The monoisotopic (exact) mass is 282 g/mol. The molecule has 2 N–H and O–H groups in total. The van der Waals surface area contributed by atoms with Crippen LogP contribution >= 0.6 is 0 Å². The molecular formula is C15H22O5. The number of methoxy groups -OCH3 is 1. The predicted octanol–water partition coefficient (Wildman–Crippen LogP) is 1.87. The van der Waals surface area contributed by atoms with Gasteiger partial charge in [-0.05, 0) is 43.9 Å². The Balaban J connectivity index is 2.58. The first-order valence-corrected chi connectivity index (χ1v) is 6.63. The van der Waals surface area contributed by atoms with Gasteiger partial charge in [0.15, 0.2) is 5.60 Å². The number of hydrogen-bond donors (Lipinski definition) is 2. The third-order valence-electron chi connectivity index (χ3n) is 3.23. The van der Waals surface area contributed by atoms with Gasteiger partial charge in [-0.2, -0.15) is 0 Å². The molecule has 0 aliphatic heterocycles. The molecule has 20 heavy (non-hydrogen) atoms. The van der Waals surface area contributed by atoms with E-state index >= 15 is 0 Å². The zero-order chi connectivity index (χ0) is 15.0. The molecule has 0 amide bonds. The van der Waals surface area contributed by atoms with E-state index in [1.807, 2.05) is 24.3 Å². The van der Waals surface area contributed by atoms with E-state index in [1.165, 1.54) is 0 Å². The van der Waals surface area contributed by atoms with Crippen LogP contribution in [-0.4, -0.2) is 42.1 Å². The molecule has 112 valence electrons. The maximum atomic E-state index is 11.3. The molecule has 1 unspecified atom stereocenters. The molecule has 0 bridgehead atoms. The first-order valence-electron chi connectivity index (χ1n) is 6.63. The summed E-state index contributed by atoms with van der Waals surface area (Å²) in [4.78, 5) is 11.3. The second-order valence-corrected chi connectivity index (χ2v) is 4.81. The fraction of sp³-hybridized carbons (Fsp3) is 0.533. The van der Waals surface area contributed by atoms with Gasteiger partial charge < -0.3 is 19.7 Å². The summed E-state index contributed by atoms with van der Waals surface area (Å²) in [5.41, 5.74) is -0.196. The Morgan fingerprint density at radius 2 is 1.95 bits per heavy atom. The van der Waals surface area contributed by atoms with Gasteiger partial charge in [0.1, 0.15) is 5.75 Å². The maximum absolute atomic E-state index is 11.3. The molecule has 0 heterocycles. The fourth-order valence-corrected chi connectivity index (χ4v) is 1.78. The third kappa shape index (κ3) is 4.83. The Labute approximate surface area is 119 Å². The summed E-state index contributed by atoms with van der Waals surface area (Å²) >= 11 is 0. The number of aliphatic carboxylic acids is 1. The lowest BCUT2D eigenvalue weighted by Crippen LogP contribution is -2.39. The zero-order valence-corrected chi connectivity index (χ0v) is 12.0. The SMILES string of the molecule is COc1ccc(CCC(C)(OCCCO)C(=O)O)cc1. The lowest BCUT2D eigenvalue weighted by molar-refractivity contribution is -0.164. The van der Waals surface area contributed by atoms with Crippen molar-refractivity contribution in [1.82, 2.24) is 0 Å². The van der Waals surface area contributed by atoms with Crippen LogP contribution in [0.1, 0.15) is 25.3 Å². The van der Waals surface area contributed by atoms with E-state index in [2.05, 4.69) is 0 Å². The Morgan fingerprint density at radius 3 is 2.45 bits per heavy atom. The van der Waals surface area contributed by atoms with E-state index in [0.29, 0.717) is 19.3 Å². The molecule has 1 atom stereocenters. The minimum absolute atomic E-state index is 0.00577. The Bertz CT molecular complexity index is 415. The number of aryl methyl sites for hydroxylation is 1. The van der Waals surface area contributed by atoms with Crippen LogP contribution in [0.2, 0.25) is 0 Å². The number of carboxylic acids is 1. The minimum Gasteiger partial charge on any atom is -0.497 e. The first-order chi connectivity index (χ1) is 9.51. The molecule has 0 aliphatic rings. The van der Waals surface area contributed by atoms with E-state index in [9.17, 15) is 9.90 Å². The fourth-order valence-electron chi connectivity index (χ4n) is 1.78. The zero-order valence-electron chi connectivity index (χ0n) is 12.0. The van der Waals surface area contributed by atoms with Crippen LogP contribution in [0.5, 0.6) is 5.75 Å². The van der Waals surface area contributed by atoms with Crippen LogP contribution in [0, 0.1) is 0 Å². The molecular weight excluding hydrogens is 260 g/mol. The summed E-state index contributed by atoms with van der Waals surface area (Å²) in [6.07, 6.45) is 1.41. The molecule has 0 spiro atoms. The predicted molar refractivity (Wildman–Crippen MR) is 75.0 cm³/mol. The Hall–Kier alpha value is -1.59. The third-order valence-corrected chi connectivity index (χ3v) is 3.23. The highest BCUT2D eigenvalue weighted by molar-refractivity contribution is 5.76. The summed E-state index contributed by atoms with van der Waals surface area (Å²) in [5.74, 6) is -0.210. The molecule has 0 saturated carbocycles. The number of aliphatic hydroxyl groups excluding tert-OH is 1. The lowest BCUT2D eigenvalue weighted by atomic mass is 9.96. The van der Waals surface area contributed by atoms with E-state index in [0.717, 1.165) is 11.3 Å². The molecule has 5 nitrogen and oxygen atoms in total. The largest absolute Gasteiger partial charge is 0.497 e. The molecule has 0 aliphatic carbocycles. The second-order valence-electron chi connectivity index (χ2n) is 4.81. The number of aliphatic hydroxyl groups is 1. The summed E-state index contributed by atoms with van der Waals surface area (Å²) in [6.45, 7) is 1.80. The molecule has 0 aromatic heterocycles. The first kappa shape index (κ1) is 16.5. The summed E-state index contributed by atoms with van der Waals surface area (Å²) < 4.78 is 10.5. The van der Waals surface area contributed by atoms with Crippen LogP contribution < -0.4 is 4.74 Å². The minimum atomic E-state index is -1.23. The molecule has 1 rings (SSSR count). The van der Waals surface area contributed by atoms with E-state index in [-0.39, 0.29) is 13.2 Å². The van der Waals surface area contributed by atoms with Crippen molar-refractivity contribution in [2.24, 2.45) is 0 Å². The van der Waals surface area contributed by atoms with Crippen LogP contribution in [0.4, 0.5) is 0 Å². The Morgan fingerprint density at radius 1 is 1.30 bits per heavy atom. The van der Waals surface area contributed by atoms with Crippen molar-refractivity contribution in [1.29, 1.82) is 0 Å². The standard InChI is InChI=1S/C15H22O5/c1-15(14(17)18,20-11-3-10-16)9-8-12-4-6-13(19-2)7-5-12/h4-7,16H,3,8-11H2,1-2H3,(H,17,18). The molecule has 1 aromatic rings. The van der Waals surface area contributed by atoms with Crippen LogP contribution in [0.25, 0.3) is 0 Å². The van der Waals surface area contributed by atoms with Gasteiger partial charge in [-0.25, -0.2) is 4.79 Å². The van der Waals surface area contributed by atoms with E-state index in [1.54, 1.807) is 14.0 Å². The summed E-state index contributed by atoms with van der Waals surface area (Å²) in [6, 6.07) is 7.52. The van der Waals surface area contributed by atoms with Crippen molar-refractivity contribution < 1.29 is 24.5 Å². The van der Waals surface area contributed by atoms with E-state index in [4.69, 9.17) is 14.6 Å². The number of ether oxygens (including phenoxy) is 2. The van der Waals surface area contributed by atoms with E-state index < -0.39 is 11.6 Å².